The van der Waals surface area contributed by atoms with Crippen LogP contribution in [-0.4, -0.2) is 24.6 Å². The molecule has 0 fully saturated rings. The maximum absolute atomic E-state index is 12.6. The summed E-state index contributed by atoms with van der Waals surface area (Å²) in [6.07, 6.45) is 4.44. The number of carbonyl (C=O) groups is 1. The van der Waals surface area contributed by atoms with E-state index >= 15 is 0 Å². The summed E-state index contributed by atoms with van der Waals surface area (Å²) in [5.74, 6) is 0.0480. The molecule has 4 heteroatoms. The first-order valence-electron chi connectivity index (χ1n) is 9.25. The van der Waals surface area contributed by atoms with Crippen molar-refractivity contribution < 1.29 is 4.79 Å². The average molecular weight is 361 g/mol. The average Bonchev–Trinajstić information content (AvgIpc) is 3.19. The highest BCUT2D eigenvalue weighted by Crippen LogP contribution is 2.23. The fourth-order valence-electron chi connectivity index (χ4n) is 3.19. The molecule has 2 aromatic carbocycles. The second kappa shape index (κ2) is 8.58. The number of nitrogens with one attached hydrogen (secondary N) is 1. The number of rotatable bonds is 7. The van der Waals surface area contributed by atoms with Crippen LogP contribution in [0.15, 0.2) is 73.1 Å². The monoisotopic (exact) mass is 361 g/mol. The van der Waals surface area contributed by atoms with E-state index in [0.717, 1.165) is 16.8 Å². The van der Waals surface area contributed by atoms with Crippen molar-refractivity contribution in [3.63, 3.8) is 0 Å². The van der Waals surface area contributed by atoms with Crippen LogP contribution in [0.4, 0.5) is 5.69 Å². The summed E-state index contributed by atoms with van der Waals surface area (Å²) in [7, 11) is 4.03. The van der Waals surface area contributed by atoms with Crippen molar-refractivity contribution in [2.45, 2.75) is 25.9 Å². The Morgan fingerprint density at radius 2 is 1.74 bits per heavy atom. The van der Waals surface area contributed by atoms with Crippen LogP contribution in [0.25, 0.3) is 0 Å². The molecule has 0 aliphatic carbocycles. The van der Waals surface area contributed by atoms with Gasteiger partial charge in [0.05, 0.1) is 12.5 Å². The van der Waals surface area contributed by atoms with Gasteiger partial charge in [-0.05, 0) is 42.3 Å². The van der Waals surface area contributed by atoms with Gasteiger partial charge in [-0.25, -0.2) is 0 Å². The number of benzene rings is 2. The number of hydrogen-bond acceptors (Lipinski definition) is 2. The van der Waals surface area contributed by atoms with Gasteiger partial charge in [-0.1, -0.05) is 42.0 Å². The molecule has 0 unspecified atom stereocenters. The molecule has 0 saturated carbocycles. The van der Waals surface area contributed by atoms with Gasteiger partial charge in [0, 0.05) is 38.7 Å². The minimum Gasteiger partial charge on any atom is -0.378 e. The lowest BCUT2D eigenvalue weighted by molar-refractivity contribution is -0.121. The van der Waals surface area contributed by atoms with Crippen molar-refractivity contribution in [2.24, 2.45) is 0 Å². The van der Waals surface area contributed by atoms with E-state index in [1.807, 2.05) is 44.7 Å². The Labute approximate surface area is 161 Å². The third kappa shape index (κ3) is 5.00. The van der Waals surface area contributed by atoms with E-state index in [4.69, 9.17) is 0 Å². The van der Waals surface area contributed by atoms with Gasteiger partial charge in [0.1, 0.15) is 0 Å². The van der Waals surface area contributed by atoms with Gasteiger partial charge in [0.15, 0.2) is 0 Å². The molecule has 0 aliphatic rings. The van der Waals surface area contributed by atoms with Crippen LogP contribution in [0.5, 0.6) is 0 Å². The van der Waals surface area contributed by atoms with Crippen molar-refractivity contribution in [1.29, 1.82) is 0 Å². The maximum atomic E-state index is 12.6. The Morgan fingerprint density at radius 1 is 1.04 bits per heavy atom. The number of nitrogens with zero attached hydrogens (tertiary/aromatic N) is 2. The molecule has 4 nitrogen and oxygen atoms in total. The van der Waals surface area contributed by atoms with E-state index in [1.165, 1.54) is 5.56 Å². The van der Waals surface area contributed by atoms with Crippen molar-refractivity contribution in [2.75, 3.05) is 19.0 Å². The number of anilines is 1. The zero-order valence-electron chi connectivity index (χ0n) is 16.2. The lowest BCUT2D eigenvalue weighted by Gasteiger charge is -2.20. The third-order valence-corrected chi connectivity index (χ3v) is 4.74. The molecular weight excluding hydrogens is 334 g/mol. The molecular formula is C23H27N3O. The summed E-state index contributed by atoms with van der Waals surface area (Å²) < 4.78 is 2.10. The summed E-state index contributed by atoms with van der Waals surface area (Å²) in [4.78, 5) is 14.7. The summed E-state index contributed by atoms with van der Waals surface area (Å²) in [6, 6.07) is 20.6. The van der Waals surface area contributed by atoms with Crippen LogP contribution >= 0.6 is 0 Å². The van der Waals surface area contributed by atoms with Crippen LogP contribution in [-0.2, 0) is 11.3 Å². The van der Waals surface area contributed by atoms with Crippen LogP contribution in [0, 0.1) is 6.92 Å². The standard InChI is InChI=1S/C23H27N3O/c1-18-7-6-8-20(15-18)22(26-13-4-5-14-26)16-23(27)24-17-19-9-11-21(12-10-19)25(2)3/h4-15,22H,16-17H2,1-3H3,(H,24,27)/t22-/m1/s1. The van der Waals surface area contributed by atoms with Gasteiger partial charge in [-0.15, -0.1) is 0 Å². The number of carbonyl (C=O) groups excluding carboxylic acids is 1. The fourth-order valence-corrected chi connectivity index (χ4v) is 3.19. The van der Waals surface area contributed by atoms with Crippen molar-refractivity contribution in [3.05, 3.63) is 89.7 Å². The summed E-state index contributed by atoms with van der Waals surface area (Å²) in [5, 5.41) is 3.06. The molecule has 3 rings (SSSR count). The van der Waals surface area contributed by atoms with E-state index < -0.39 is 0 Å². The zero-order chi connectivity index (χ0) is 19.2. The second-order valence-corrected chi connectivity index (χ2v) is 7.10. The second-order valence-electron chi connectivity index (χ2n) is 7.10. The lowest BCUT2D eigenvalue weighted by Crippen LogP contribution is -2.26. The highest BCUT2D eigenvalue weighted by Gasteiger charge is 2.17. The topological polar surface area (TPSA) is 37.3 Å². The molecule has 1 heterocycles. The Bertz CT molecular complexity index is 867. The minimum atomic E-state index is -0.00369. The normalized spacial score (nSPS) is 11.8. The highest BCUT2D eigenvalue weighted by atomic mass is 16.1. The molecule has 0 radical (unpaired) electrons. The van der Waals surface area contributed by atoms with E-state index in [1.54, 1.807) is 0 Å². The SMILES string of the molecule is Cc1cccc([C@@H](CC(=O)NCc2ccc(N(C)C)cc2)n2cccc2)c1. The smallest absolute Gasteiger partial charge is 0.222 e. The maximum Gasteiger partial charge on any atom is 0.222 e. The van der Waals surface area contributed by atoms with Crippen LogP contribution in [0.1, 0.15) is 29.2 Å². The largest absolute Gasteiger partial charge is 0.378 e. The molecule has 1 N–H and O–H groups in total. The first-order valence-corrected chi connectivity index (χ1v) is 9.25. The Balaban J connectivity index is 1.66. The van der Waals surface area contributed by atoms with Crippen LogP contribution in [0.3, 0.4) is 0 Å². The number of amides is 1. The molecule has 1 aromatic heterocycles. The summed E-state index contributed by atoms with van der Waals surface area (Å²) >= 11 is 0. The molecule has 3 aromatic rings. The van der Waals surface area contributed by atoms with Gasteiger partial charge in [-0.2, -0.15) is 0 Å². The van der Waals surface area contributed by atoms with Gasteiger partial charge in [0.25, 0.3) is 0 Å². The van der Waals surface area contributed by atoms with Crippen LogP contribution < -0.4 is 10.2 Å². The predicted molar refractivity (Wildman–Crippen MR) is 111 cm³/mol. The van der Waals surface area contributed by atoms with Gasteiger partial charge >= 0.3 is 0 Å². The molecule has 0 bridgehead atoms. The lowest BCUT2D eigenvalue weighted by atomic mass is 10.0. The van der Waals surface area contributed by atoms with Crippen molar-refractivity contribution in [3.8, 4) is 0 Å². The number of aromatic nitrogens is 1. The Hall–Kier alpha value is -3.01. The molecule has 0 saturated heterocycles. The van der Waals surface area contributed by atoms with E-state index in [2.05, 4.69) is 64.2 Å². The first-order chi connectivity index (χ1) is 13.0. The Kier molecular flexibility index (Phi) is 5.97. The Morgan fingerprint density at radius 3 is 2.37 bits per heavy atom. The van der Waals surface area contributed by atoms with Crippen molar-refractivity contribution >= 4 is 11.6 Å². The predicted octanol–water partition coefficient (Wildman–Crippen LogP) is 4.16. The van der Waals surface area contributed by atoms with Gasteiger partial charge in [-0.3, -0.25) is 4.79 Å². The quantitative estimate of drug-likeness (QED) is 0.686. The molecule has 140 valence electrons. The number of hydrogen-bond donors (Lipinski definition) is 1. The molecule has 0 spiro atoms. The minimum absolute atomic E-state index is 0.00369. The third-order valence-electron chi connectivity index (χ3n) is 4.74. The molecule has 27 heavy (non-hydrogen) atoms. The highest BCUT2D eigenvalue weighted by molar-refractivity contribution is 5.77. The number of aryl methyl sites for hydroxylation is 1. The van der Waals surface area contributed by atoms with E-state index in [-0.39, 0.29) is 11.9 Å². The molecule has 1 amide bonds. The summed E-state index contributed by atoms with van der Waals surface area (Å²) in [5.41, 5.74) is 4.60. The first kappa shape index (κ1) is 18.8. The fraction of sp³-hybridized carbons (Fsp3) is 0.261. The van der Waals surface area contributed by atoms with Crippen LogP contribution in [0.2, 0.25) is 0 Å². The van der Waals surface area contributed by atoms with Gasteiger partial charge in [0.2, 0.25) is 5.91 Å². The van der Waals surface area contributed by atoms with E-state index in [0.29, 0.717) is 13.0 Å². The molecule has 0 aliphatic heterocycles. The van der Waals surface area contributed by atoms with Gasteiger partial charge < -0.3 is 14.8 Å². The van der Waals surface area contributed by atoms with E-state index in [9.17, 15) is 4.79 Å². The molecule has 1 atom stereocenters. The summed E-state index contributed by atoms with van der Waals surface area (Å²) in [6.45, 7) is 2.62. The van der Waals surface area contributed by atoms with Crippen molar-refractivity contribution in [1.82, 2.24) is 9.88 Å². The zero-order valence-corrected chi connectivity index (χ0v) is 16.2.